The molecule has 0 spiro atoms. The van der Waals surface area contributed by atoms with Gasteiger partial charge in [-0.25, -0.2) is 0 Å². The topological polar surface area (TPSA) is 82.3 Å². The molecule has 7 heteroatoms. The lowest BCUT2D eigenvalue weighted by atomic mass is 10.1. The number of allylic oxidation sites excluding steroid dienone is 2. The van der Waals surface area contributed by atoms with Crippen molar-refractivity contribution in [2.24, 2.45) is 0 Å². The molecule has 2 heterocycles. The van der Waals surface area contributed by atoms with E-state index in [9.17, 15) is 14.4 Å². The van der Waals surface area contributed by atoms with Gasteiger partial charge in [0, 0.05) is 36.6 Å². The van der Waals surface area contributed by atoms with Crippen LogP contribution in [0.4, 0.5) is 4.79 Å². The Morgan fingerprint density at radius 2 is 1.84 bits per heavy atom. The number of carbonyl (C=O) groups is 3. The second-order valence-electron chi connectivity index (χ2n) is 7.33. The molecule has 3 aromatic rings. The second-order valence-corrected chi connectivity index (χ2v) is 8.33. The molecule has 2 aromatic carbocycles. The van der Waals surface area contributed by atoms with Gasteiger partial charge in [-0.1, -0.05) is 60.7 Å². The summed E-state index contributed by atoms with van der Waals surface area (Å²) in [5.41, 5.74) is 3.22. The third-order valence-electron chi connectivity index (χ3n) is 5.16. The summed E-state index contributed by atoms with van der Waals surface area (Å²) < 4.78 is 0. The number of fused-ring (bicyclic) bond motifs is 1. The molecule has 1 aliphatic rings. The van der Waals surface area contributed by atoms with Gasteiger partial charge in [-0.3, -0.25) is 19.3 Å². The van der Waals surface area contributed by atoms with Crippen molar-refractivity contribution in [3.8, 4) is 0 Å². The maximum absolute atomic E-state index is 12.5. The third kappa shape index (κ3) is 5.18. The number of carbonyl (C=O) groups excluding carboxylic acids is 3. The van der Waals surface area contributed by atoms with E-state index in [0.29, 0.717) is 17.9 Å². The van der Waals surface area contributed by atoms with Gasteiger partial charge >= 0.3 is 0 Å². The number of nitrogens with one attached hydrogen (secondary N) is 2. The van der Waals surface area contributed by atoms with Crippen molar-refractivity contribution in [3.05, 3.63) is 89.0 Å². The molecule has 32 heavy (non-hydrogen) atoms. The molecule has 0 radical (unpaired) electrons. The van der Waals surface area contributed by atoms with Crippen molar-refractivity contribution >= 4 is 45.8 Å². The molecule has 0 unspecified atom stereocenters. The van der Waals surface area contributed by atoms with E-state index in [0.717, 1.165) is 38.7 Å². The molecule has 162 valence electrons. The molecule has 0 bridgehead atoms. The molecule has 6 nitrogen and oxygen atoms in total. The van der Waals surface area contributed by atoms with E-state index in [1.165, 1.54) is 0 Å². The Balaban J connectivity index is 1.24. The van der Waals surface area contributed by atoms with Crippen molar-refractivity contribution < 1.29 is 14.4 Å². The SMILES string of the molecule is O=C(CCN1C(=O)S/C(=C/C=C/c2ccccc2)C1=O)NCCc1c[nH]c2ccccc12. The predicted molar refractivity (Wildman–Crippen MR) is 128 cm³/mol. The highest BCUT2D eigenvalue weighted by atomic mass is 32.2. The molecule has 1 fully saturated rings. The number of hydrogen-bond donors (Lipinski definition) is 2. The zero-order valence-corrected chi connectivity index (χ0v) is 18.2. The minimum atomic E-state index is -0.357. The quantitative estimate of drug-likeness (QED) is 0.500. The van der Waals surface area contributed by atoms with E-state index >= 15 is 0 Å². The number of hydrogen-bond acceptors (Lipinski definition) is 4. The van der Waals surface area contributed by atoms with Crippen LogP contribution in [0, 0.1) is 0 Å². The van der Waals surface area contributed by atoms with Crippen LogP contribution in [0.25, 0.3) is 17.0 Å². The minimum Gasteiger partial charge on any atom is -0.361 e. The van der Waals surface area contributed by atoms with Crippen LogP contribution in [0.3, 0.4) is 0 Å². The number of rotatable bonds is 8. The van der Waals surface area contributed by atoms with E-state index in [1.54, 1.807) is 12.2 Å². The van der Waals surface area contributed by atoms with Gasteiger partial charge in [-0.2, -0.15) is 0 Å². The maximum atomic E-state index is 12.5. The molecular weight excluding hydrogens is 422 g/mol. The summed E-state index contributed by atoms with van der Waals surface area (Å²) in [5.74, 6) is -0.541. The number of para-hydroxylation sites is 1. The van der Waals surface area contributed by atoms with Gasteiger partial charge < -0.3 is 10.3 Å². The molecule has 4 rings (SSSR count). The Hall–Kier alpha value is -3.58. The average molecular weight is 446 g/mol. The van der Waals surface area contributed by atoms with Crippen LogP contribution >= 0.6 is 11.8 Å². The highest BCUT2D eigenvalue weighted by molar-refractivity contribution is 8.18. The summed E-state index contributed by atoms with van der Waals surface area (Å²) in [7, 11) is 0. The smallest absolute Gasteiger partial charge is 0.293 e. The van der Waals surface area contributed by atoms with Gasteiger partial charge in [-0.15, -0.1) is 0 Å². The standard InChI is InChI=1S/C25H23N3O3S/c29-23(26-15-13-19-17-27-21-11-5-4-10-20(19)21)14-16-28-24(30)22(32-25(28)31)12-6-9-18-7-2-1-3-8-18/h1-12,17,27H,13-16H2,(H,26,29)/b9-6+,22-12+. The van der Waals surface area contributed by atoms with Crippen LogP contribution in [0.5, 0.6) is 0 Å². The number of aromatic nitrogens is 1. The fraction of sp³-hybridized carbons (Fsp3) is 0.160. The number of benzene rings is 2. The first-order valence-corrected chi connectivity index (χ1v) is 11.2. The van der Waals surface area contributed by atoms with Gasteiger partial charge in [0.2, 0.25) is 5.91 Å². The summed E-state index contributed by atoms with van der Waals surface area (Å²) in [6.45, 7) is 0.566. The number of H-pyrrole nitrogens is 1. The van der Waals surface area contributed by atoms with Crippen LogP contribution in [-0.2, 0) is 16.0 Å². The number of imide groups is 1. The summed E-state index contributed by atoms with van der Waals surface area (Å²) in [5, 5.41) is 3.67. The molecule has 0 atom stereocenters. The normalized spacial score (nSPS) is 15.4. The van der Waals surface area contributed by atoms with Crippen molar-refractivity contribution in [3.63, 3.8) is 0 Å². The van der Waals surface area contributed by atoms with Crippen molar-refractivity contribution in [2.45, 2.75) is 12.8 Å². The number of nitrogens with zero attached hydrogens (tertiary/aromatic N) is 1. The van der Waals surface area contributed by atoms with E-state index in [4.69, 9.17) is 0 Å². The largest absolute Gasteiger partial charge is 0.361 e. The Morgan fingerprint density at radius 3 is 2.69 bits per heavy atom. The lowest BCUT2D eigenvalue weighted by Gasteiger charge is -2.12. The Bertz CT molecular complexity index is 1200. The Labute approximate surface area is 190 Å². The van der Waals surface area contributed by atoms with Crippen LogP contribution in [0.15, 0.2) is 77.9 Å². The fourth-order valence-corrected chi connectivity index (χ4v) is 4.31. The monoisotopic (exact) mass is 445 g/mol. The predicted octanol–water partition coefficient (Wildman–Crippen LogP) is 4.51. The lowest BCUT2D eigenvalue weighted by Crippen LogP contribution is -2.34. The van der Waals surface area contributed by atoms with E-state index in [-0.39, 0.29) is 30.0 Å². The molecule has 1 aliphatic heterocycles. The number of aromatic amines is 1. The Morgan fingerprint density at radius 1 is 1.06 bits per heavy atom. The molecule has 1 aromatic heterocycles. The molecule has 0 aliphatic carbocycles. The summed E-state index contributed by atoms with van der Waals surface area (Å²) in [6, 6.07) is 17.7. The van der Waals surface area contributed by atoms with E-state index in [1.807, 2.05) is 66.9 Å². The molecule has 0 saturated carbocycles. The van der Waals surface area contributed by atoms with Crippen LogP contribution in [-0.4, -0.2) is 40.0 Å². The van der Waals surface area contributed by atoms with Gasteiger partial charge in [0.15, 0.2) is 0 Å². The van der Waals surface area contributed by atoms with Gasteiger partial charge in [0.05, 0.1) is 4.91 Å². The molecule has 3 amide bonds. The summed E-state index contributed by atoms with van der Waals surface area (Å²) >= 11 is 0.898. The van der Waals surface area contributed by atoms with E-state index < -0.39 is 0 Å². The first kappa shape index (κ1) is 21.6. The van der Waals surface area contributed by atoms with Gasteiger partial charge in [-0.05, 0) is 41.5 Å². The highest BCUT2D eigenvalue weighted by Crippen LogP contribution is 2.30. The average Bonchev–Trinajstić information content (AvgIpc) is 3.33. The van der Waals surface area contributed by atoms with Crippen LogP contribution in [0.1, 0.15) is 17.5 Å². The zero-order valence-electron chi connectivity index (χ0n) is 17.4. The van der Waals surface area contributed by atoms with Crippen molar-refractivity contribution in [1.82, 2.24) is 15.2 Å². The van der Waals surface area contributed by atoms with Crippen molar-refractivity contribution in [1.29, 1.82) is 0 Å². The lowest BCUT2D eigenvalue weighted by molar-refractivity contribution is -0.124. The van der Waals surface area contributed by atoms with Gasteiger partial charge in [0.1, 0.15) is 0 Å². The molecular formula is C25H23N3O3S. The number of amides is 3. The van der Waals surface area contributed by atoms with Crippen LogP contribution in [0.2, 0.25) is 0 Å². The summed E-state index contributed by atoms with van der Waals surface area (Å²) in [6.07, 6.45) is 8.00. The highest BCUT2D eigenvalue weighted by Gasteiger charge is 2.34. The third-order valence-corrected chi connectivity index (χ3v) is 6.09. The second kappa shape index (κ2) is 10.2. The summed E-state index contributed by atoms with van der Waals surface area (Å²) in [4.78, 5) is 41.6. The molecule has 2 N–H and O–H groups in total. The van der Waals surface area contributed by atoms with Gasteiger partial charge in [0.25, 0.3) is 11.1 Å². The zero-order chi connectivity index (χ0) is 22.3. The number of thioether (sulfide) groups is 1. The first-order valence-electron chi connectivity index (χ1n) is 10.4. The molecule has 1 saturated heterocycles. The first-order chi connectivity index (χ1) is 15.6. The van der Waals surface area contributed by atoms with E-state index in [2.05, 4.69) is 10.3 Å². The Kier molecular flexibility index (Phi) is 6.87. The fourth-order valence-electron chi connectivity index (χ4n) is 3.49. The minimum absolute atomic E-state index is 0.0727. The van der Waals surface area contributed by atoms with Crippen molar-refractivity contribution in [2.75, 3.05) is 13.1 Å². The maximum Gasteiger partial charge on any atom is 0.293 e. The van der Waals surface area contributed by atoms with Crippen LogP contribution < -0.4 is 5.32 Å².